The lowest BCUT2D eigenvalue weighted by atomic mass is 9.70. The van der Waals surface area contributed by atoms with Gasteiger partial charge in [0.25, 0.3) is 0 Å². The quantitative estimate of drug-likeness (QED) is 0.837. The van der Waals surface area contributed by atoms with Gasteiger partial charge in [-0.1, -0.05) is 45.6 Å². The van der Waals surface area contributed by atoms with Gasteiger partial charge in [0.05, 0.1) is 7.11 Å². The fraction of sp³-hybridized carbons (Fsp3) is 0.667. The molecule has 112 valence electrons. The number of methoxy groups -OCH3 is 1. The summed E-state index contributed by atoms with van der Waals surface area (Å²) in [5, 5.41) is 9.84. The van der Waals surface area contributed by atoms with Gasteiger partial charge < -0.3 is 9.84 Å². The third kappa shape index (κ3) is 3.47. The zero-order chi connectivity index (χ0) is 14.5. The number of aromatic hydroxyl groups is 1. The van der Waals surface area contributed by atoms with Crippen LogP contribution in [-0.4, -0.2) is 12.2 Å². The van der Waals surface area contributed by atoms with E-state index in [0.717, 1.165) is 24.2 Å². The molecule has 2 rings (SSSR count). The second-order valence-corrected chi connectivity index (χ2v) is 6.26. The molecule has 0 bridgehead atoms. The Hall–Kier alpha value is -1.18. The SMILES string of the molecule is CCC1CCCC(CCc2ccc(OC)c(O)c2)C1C. The van der Waals surface area contributed by atoms with Crippen molar-refractivity contribution in [3.05, 3.63) is 23.8 Å². The first-order valence-electron chi connectivity index (χ1n) is 8.01. The molecule has 1 saturated carbocycles. The Balaban J connectivity index is 1.93. The van der Waals surface area contributed by atoms with Gasteiger partial charge in [-0.05, 0) is 48.3 Å². The lowest BCUT2D eigenvalue weighted by Crippen LogP contribution is -2.26. The van der Waals surface area contributed by atoms with Crippen LogP contribution in [0.2, 0.25) is 0 Å². The van der Waals surface area contributed by atoms with E-state index in [0.29, 0.717) is 5.75 Å². The monoisotopic (exact) mass is 276 g/mol. The molecule has 0 saturated heterocycles. The molecular formula is C18H28O2. The van der Waals surface area contributed by atoms with Gasteiger partial charge in [0, 0.05) is 0 Å². The summed E-state index contributed by atoms with van der Waals surface area (Å²) < 4.78 is 5.09. The van der Waals surface area contributed by atoms with E-state index in [-0.39, 0.29) is 5.75 Å². The van der Waals surface area contributed by atoms with Gasteiger partial charge in [-0.3, -0.25) is 0 Å². The van der Waals surface area contributed by atoms with Crippen molar-refractivity contribution in [3.63, 3.8) is 0 Å². The van der Waals surface area contributed by atoms with Crippen molar-refractivity contribution in [1.29, 1.82) is 0 Å². The van der Waals surface area contributed by atoms with E-state index < -0.39 is 0 Å². The zero-order valence-electron chi connectivity index (χ0n) is 13.1. The number of aryl methyl sites for hydroxylation is 1. The first-order valence-corrected chi connectivity index (χ1v) is 8.01. The molecule has 1 aromatic rings. The normalized spacial score (nSPS) is 26.4. The molecule has 0 radical (unpaired) electrons. The molecule has 0 amide bonds. The van der Waals surface area contributed by atoms with E-state index in [2.05, 4.69) is 19.9 Å². The van der Waals surface area contributed by atoms with Crippen molar-refractivity contribution in [2.24, 2.45) is 17.8 Å². The van der Waals surface area contributed by atoms with E-state index in [4.69, 9.17) is 4.74 Å². The van der Waals surface area contributed by atoms with Crippen LogP contribution in [-0.2, 0) is 6.42 Å². The van der Waals surface area contributed by atoms with Gasteiger partial charge in [-0.25, -0.2) is 0 Å². The Bertz CT molecular complexity index is 427. The predicted molar refractivity (Wildman–Crippen MR) is 83.3 cm³/mol. The highest BCUT2D eigenvalue weighted by molar-refractivity contribution is 5.41. The van der Waals surface area contributed by atoms with Crippen LogP contribution in [0, 0.1) is 17.8 Å². The topological polar surface area (TPSA) is 29.5 Å². The molecule has 1 aliphatic carbocycles. The van der Waals surface area contributed by atoms with Crippen LogP contribution in [0.5, 0.6) is 11.5 Å². The number of phenolic OH excluding ortho intramolecular Hbond substituents is 1. The maximum absolute atomic E-state index is 9.84. The first-order chi connectivity index (χ1) is 9.65. The molecule has 2 heteroatoms. The minimum absolute atomic E-state index is 0.258. The summed E-state index contributed by atoms with van der Waals surface area (Å²) in [6.07, 6.45) is 7.80. The van der Waals surface area contributed by atoms with Crippen molar-refractivity contribution in [2.45, 2.75) is 52.4 Å². The van der Waals surface area contributed by atoms with Gasteiger partial charge in [-0.15, -0.1) is 0 Å². The molecule has 0 aliphatic heterocycles. The number of rotatable bonds is 5. The molecule has 0 heterocycles. The van der Waals surface area contributed by atoms with Crippen LogP contribution in [0.3, 0.4) is 0 Å². The summed E-state index contributed by atoms with van der Waals surface area (Å²) in [4.78, 5) is 0. The van der Waals surface area contributed by atoms with Crippen LogP contribution < -0.4 is 4.74 Å². The molecule has 1 fully saturated rings. The minimum Gasteiger partial charge on any atom is -0.504 e. The largest absolute Gasteiger partial charge is 0.504 e. The van der Waals surface area contributed by atoms with E-state index in [1.807, 2.05) is 12.1 Å². The van der Waals surface area contributed by atoms with E-state index in [1.54, 1.807) is 7.11 Å². The molecule has 3 atom stereocenters. The van der Waals surface area contributed by atoms with Crippen LogP contribution >= 0.6 is 0 Å². The third-order valence-corrected chi connectivity index (χ3v) is 5.21. The summed E-state index contributed by atoms with van der Waals surface area (Å²) in [6, 6.07) is 5.79. The van der Waals surface area contributed by atoms with Crippen LogP contribution in [0.15, 0.2) is 18.2 Å². The van der Waals surface area contributed by atoms with Gasteiger partial charge in [0.2, 0.25) is 0 Å². The average Bonchev–Trinajstić information content (AvgIpc) is 2.46. The van der Waals surface area contributed by atoms with Crippen molar-refractivity contribution < 1.29 is 9.84 Å². The van der Waals surface area contributed by atoms with Crippen LogP contribution in [0.1, 0.15) is 51.5 Å². The van der Waals surface area contributed by atoms with E-state index >= 15 is 0 Å². The Kier molecular flexibility index (Phi) is 5.33. The Morgan fingerprint density at radius 3 is 2.65 bits per heavy atom. The van der Waals surface area contributed by atoms with E-state index in [9.17, 15) is 5.11 Å². The fourth-order valence-electron chi connectivity index (χ4n) is 3.78. The van der Waals surface area contributed by atoms with Crippen molar-refractivity contribution >= 4 is 0 Å². The highest BCUT2D eigenvalue weighted by Crippen LogP contribution is 2.39. The van der Waals surface area contributed by atoms with Gasteiger partial charge in [0.1, 0.15) is 0 Å². The maximum atomic E-state index is 9.84. The van der Waals surface area contributed by atoms with Gasteiger partial charge >= 0.3 is 0 Å². The molecule has 3 unspecified atom stereocenters. The number of hydrogen-bond acceptors (Lipinski definition) is 2. The third-order valence-electron chi connectivity index (χ3n) is 5.21. The molecule has 1 aromatic carbocycles. The molecule has 20 heavy (non-hydrogen) atoms. The minimum atomic E-state index is 0.258. The zero-order valence-corrected chi connectivity index (χ0v) is 13.1. The second kappa shape index (κ2) is 7.01. The summed E-state index contributed by atoms with van der Waals surface area (Å²) in [5.74, 6) is 3.43. The molecular weight excluding hydrogens is 248 g/mol. The number of ether oxygens (including phenoxy) is 1. The Morgan fingerprint density at radius 2 is 2.00 bits per heavy atom. The Labute approximate surface area is 123 Å². The highest BCUT2D eigenvalue weighted by atomic mass is 16.5. The average molecular weight is 276 g/mol. The first kappa shape index (κ1) is 15.2. The standard InChI is InChI=1S/C18H28O2/c1-4-15-6-5-7-16(13(15)2)10-8-14-9-11-18(20-3)17(19)12-14/h9,11-13,15-16,19H,4-8,10H2,1-3H3. The number of hydrogen-bond donors (Lipinski definition) is 1. The van der Waals surface area contributed by atoms with Crippen molar-refractivity contribution in [2.75, 3.05) is 7.11 Å². The molecule has 2 nitrogen and oxygen atoms in total. The van der Waals surface area contributed by atoms with Crippen LogP contribution in [0.4, 0.5) is 0 Å². The van der Waals surface area contributed by atoms with Crippen LogP contribution in [0.25, 0.3) is 0 Å². The smallest absolute Gasteiger partial charge is 0.160 e. The number of phenols is 1. The molecule has 1 N–H and O–H groups in total. The number of benzene rings is 1. The second-order valence-electron chi connectivity index (χ2n) is 6.26. The van der Waals surface area contributed by atoms with Gasteiger partial charge in [0.15, 0.2) is 11.5 Å². The lowest BCUT2D eigenvalue weighted by Gasteiger charge is -2.35. The summed E-state index contributed by atoms with van der Waals surface area (Å²) in [6.45, 7) is 4.76. The summed E-state index contributed by atoms with van der Waals surface area (Å²) in [7, 11) is 1.59. The highest BCUT2D eigenvalue weighted by Gasteiger charge is 2.28. The van der Waals surface area contributed by atoms with E-state index in [1.165, 1.54) is 37.7 Å². The van der Waals surface area contributed by atoms with Crippen molar-refractivity contribution in [1.82, 2.24) is 0 Å². The summed E-state index contributed by atoms with van der Waals surface area (Å²) in [5.41, 5.74) is 1.22. The lowest BCUT2D eigenvalue weighted by molar-refractivity contribution is 0.156. The summed E-state index contributed by atoms with van der Waals surface area (Å²) >= 11 is 0. The maximum Gasteiger partial charge on any atom is 0.160 e. The van der Waals surface area contributed by atoms with Crippen molar-refractivity contribution in [3.8, 4) is 11.5 Å². The molecule has 1 aliphatic rings. The molecule has 0 spiro atoms. The fourth-order valence-corrected chi connectivity index (χ4v) is 3.78. The van der Waals surface area contributed by atoms with Gasteiger partial charge in [-0.2, -0.15) is 0 Å². The molecule has 0 aromatic heterocycles. The Morgan fingerprint density at radius 1 is 1.25 bits per heavy atom. The predicted octanol–water partition coefficient (Wildman–Crippen LogP) is 4.80.